The maximum absolute atomic E-state index is 12.6. The van der Waals surface area contributed by atoms with E-state index in [0.29, 0.717) is 21.9 Å². The lowest BCUT2D eigenvalue weighted by atomic mass is 10.1. The van der Waals surface area contributed by atoms with Crippen molar-refractivity contribution in [2.24, 2.45) is 0 Å². The summed E-state index contributed by atoms with van der Waals surface area (Å²) in [5.74, 6) is -0.410. The number of para-hydroxylation sites is 2. The molecule has 0 N–H and O–H groups in total. The third kappa shape index (κ3) is 4.93. The Morgan fingerprint density at radius 1 is 0.900 bits per heavy atom. The van der Waals surface area contributed by atoms with Crippen LogP contribution in [0.2, 0.25) is 0 Å². The second-order valence-electron chi connectivity index (χ2n) is 6.40. The van der Waals surface area contributed by atoms with Crippen LogP contribution in [0.25, 0.3) is 0 Å². The molecule has 0 fully saturated rings. The molecule has 154 valence electrons. The van der Waals surface area contributed by atoms with Crippen LogP contribution in [0.15, 0.2) is 66.0 Å². The van der Waals surface area contributed by atoms with Crippen molar-refractivity contribution in [2.75, 3.05) is 25.2 Å². The number of ketones is 1. The Morgan fingerprint density at radius 3 is 2.30 bits per heavy atom. The first-order chi connectivity index (χ1) is 14.5. The van der Waals surface area contributed by atoms with E-state index in [0.717, 1.165) is 0 Å². The molecule has 0 atom stereocenters. The number of nitrogens with zero attached hydrogens (tertiary/aromatic N) is 1. The van der Waals surface area contributed by atoms with Crippen LogP contribution in [0.3, 0.4) is 0 Å². The van der Waals surface area contributed by atoms with E-state index in [1.807, 2.05) is 5.38 Å². The van der Waals surface area contributed by atoms with E-state index in [-0.39, 0.29) is 30.5 Å². The maximum atomic E-state index is 12.6. The molecule has 0 spiro atoms. The number of anilines is 1. The molecule has 0 aliphatic heterocycles. The van der Waals surface area contributed by atoms with Crippen LogP contribution < -0.4 is 9.64 Å². The molecule has 0 radical (unpaired) electrons. The van der Waals surface area contributed by atoms with Crippen molar-refractivity contribution in [3.8, 4) is 5.75 Å². The molecule has 0 aliphatic carbocycles. The van der Waals surface area contributed by atoms with Gasteiger partial charge in [-0.2, -0.15) is 0 Å². The zero-order valence-electron chi connectivity index (χ0n) is 16.7. The molecule has 0 saturated carbocycles. The Balaban J connectivity index is 1.63. The van der Waals surface area contributed by atoms with Gasteiger partial charge in [0, 0.05) is 7.05 Å². The molecule has 1 heterocycles. The predicted molar refractivity (Wildman–Crippen MR) is 116 cm³/mol. The van der Waals surface area contributed by atoms with Crippen molar-refractivity contribution >= 4 is 34.7 Å². The molecule has 0 bridgehead atoms. The first-order valence-corrected chi connectivity index (χ1v) is 10.2. The first-order valence-electron chi connectivity index (χ1n) is 9.29. The highest BCUT2D eigenvalue weighted by Gasteiger charge is 2.21. The number of thiophene rings is 1. The smallest absolute Gasteiger partial charge is 0.340 e. The quantitative estimate of drug-likeness (QED) is 0.304. The zero-order valence-corrected chi connectivity index (χ0v) is 17.5. The normalized spacial score (nSPS) is 10.3. The van der Waals surface area contributed by atoms with Crippen molar-refractivity contribution in [1.29, 1.82) is 0 Å². The van der Waals surface area contributed by atoms with Gasteiger partial charge in [0.1, 0.15) is 19.0 Å². The Labute approximate surface area is 178 Å². The number of esters is 1. The van der Waals surface area contributed by atoms with E-state index in [9.17, 15) is 14.4 Å². The fraction of sp³-hybridized carbons (Fsp3) is 0.174. The van der Waals surface area contributed by atoms with Crippen molar-refractivity contribution in [3.05, 3.63) is 82.0 Å². The lowest BCUT2D eigenvalue weighted by Crippen LogP contribution is -2.27. The summed E-state index contributed by atoms with van der Waals surface area (Å²) < 4.78 is 10.9. The van der Waals surface area contributed by atoms with Crippen molar-refractivity contribution < 1.29 is 23.9 Å². The van der Waals surface area contributed by atoms with Crippen molar-refractivity contribution in [1.82, 2.24) is 0 Å². The van der Waals surface area contributed by atoms with Crippen LogP contribution in [-0.2, 0) is 4.74 Å². The molecule has 3 rings (SSSR count). The summed E-state index contributed by atoms with van der Waals surface area (Å²) in [6, 6.07) is 17.2. The first kappa shape index (κ1) is 21.3. The van der Waals surface area contributed by atoms with Gasteiger partial charge in [-0.25, -0.2) is 4.79 Å². The van der Waals surface area contributed by atoms with E-state index in [1.54, 1.807) is 67.7 Å². The lowest BCUT2D eigenvalue weighted by molar-refractivity contribution is 0.0450. The number of ether oxygens (including phenoxy) is 2. The third-order valence-corrected chi connectivity index (χ3v) is 5.22. The Hall–Kier alpha value is -3.45. The average molecular weight is 423 g/mol. The molecule has 1 amide bonds. The highest BCUT2D eigenvalue weighted by Crippen LogP contribution is 2.23. The Kier molecular flexibility index (Phi) is 6.98. The standard InChI is InChI=1S/C23H21NO5S/c1-16(25)17-8-4-6-11-20(17)28-13-14-29-23(27)18-9-3-5-10-19(18)24(2)22(26)21-12-7-15-30-21/h3-12,15H,13-14H2,1-2H3. The molecule has 2 aromatic carbocycles. The monoisotopic (exact) mass is 423 g/mol. The number of hydrogen-bond acceptors (Lipinski definition) is 6. The van der Waals surface area contributed by atoms with Crippen molar-refractivity contribution in [3.63, 3.8) is 0 Å². The van der Waals surface area contributed by atoms with Gasteiger partial charge in [0.15, 0.2) is 5.78 Å². The number of Topliss-reactive ketones (excluding diaryl/α,β-unsaturated/α-hetero) is 1. The molecule has 6 nitrogen and oxygen atoms in total. The average Bonchev–Trinajstić information content (AvgIpc) is 3.30. The van der Waals surface area contributed by atoms with Crippen LogP contribution in [0.1, 0.15) is 37.3 Å². The zero-order chi connectivity index (χ0) is 21.5. The molecule has 30 heavy (non-hydrogen) atoms. The van der Waals surface area contributed by atoms with Crippen LogP contribution in [0, 0.1) is 0 Å². The van der Waals surface area contributed by atoms with Crippen LogP contribution >= 0.6 is 11.3 Å². The molecule has 0 saturated heterocycles. The summed E-state index contributed by atoms with van der Waals surface area (Å²) in [5, 5.41) is 1.82. The van der Waals surface area contributed by atoms with Crippen LogP contribution in [0.4, 0.5) is 5.69 Å². The summed E-state index contributed by atoms with van der Waals surface area (Å²) in [7, 11) is 1.62. The number of carbonyl (C=O) groups excluding carboxylic acids is 3. The van der Waals surface area contributed by atoms with Crippen molar-refractivity contribution in [2.45, 2.75) is 6.92 Å². The lowest BCUT2D eigenvalue weighted by Gasteiger charge is -2.19. The molecule has 3 aromatic rings. The maximum Gasteiger partial charge on any atom is 0.340 e. The topological polar surface area (TPSA) is 72.9 Å². The van der Waals surface area contributed by atoms with E-state index >= 15 is 0 Å². The van der Waals surface area contributed by atoms with Gasteiger partial charge < -0.3 is 14.4 Å². The van der Waals surface area contributed by atoms with Crippen LogP contribution in [0.5, 0.6) is 5.75 Å². The van der Waals surface area contributed by atoms with Gasteiger partial charge in [0.25, 0.3) is 5.91 Å². The van der Waals surface area contributed by atoms with Gasteiger partial charge in [-0.05, 0) is 42.6 Å². The minimum absolute atomic E-state index is 0.00198. The highest BCUT2D eigenvalue weighted by atomic mass is 32.1. The molecular weight excluding hydrogens is 402 g/mol. The third-order valence-electron chi connectivity index (χ3n) is 4.36. The molecule has 7 heteroatoms. The van der Waals surface area contributed by atoms with Gasteiger partial charge in [-0.1, -0.05) is 30.3 Å². The SMILES string of the molecule is CC(=O)c1ccccc1OCCOC(=O)c1ccccc1N(C)C(=O)c1cccs1. The summed E-state index contributed by atoms with van der Waals surface area (Å²) >= 11 is 1.34. The summed E-state index contributed by atoms with van der Waals surface area (Å²) in [6.07, 6.45) is 0. The van der Waals surface area contributed by atoms with E-state index in [4.69, 9.17) is 9.47 Å². The Morgan fingerprint density at radius 2 is 1.60 bits per heavy atom. The molecule has 1 aromatic heterocycles. The van der Waals surface area contributed by atoms with Gasteiger partial charge in [0.2, 0.25) is 0 Å². The van der Waals surface area contributed by atoms with Gasteiger partial charge in [-0.3, -0.25) is 9.59 Å². The number of amides is 1. The van der Waals surface area contributed by atoms with E-state index < -0.39 is 5.97 Å². The number of rotatable bonds is 8. The molecule has 0 unspecified atom stereocenters. The fourth-order valence-corrected chi connectivity index (χ4v) is 3.56. The van der Waals surface area contributed by atoms with Gasteiger partial charge in [-0.15, -0.1) is 11.3 Å². The summed E-state index contributed by atoms with van der Waals surface area (Å²) in [6.45, 7) is 1.57. The predicted octanol–water partition coefficient (Wildman–Crippen LogP) is 4.46. The highest BCUT2D eigenvalue weighted by molar-refractivity contribution is 7.12. The number of carbonyl (C=O) groups is 3. The fourth-order valence-electron chi connectivity index (χ4n) is 2.86. The number of benzene rings is 2. The second kappa shape index (κ2) is 9.84. The summed E-state index contributed by atoms with van der Waals surface area (Å²) in [4.78, 5) is 38.9. The number of hydrogen-bond donors (Lipinski definition) is 0. The van der Waals surface area contributed by atoms with Crippen LogP contribution in [-0.4, -0.2) is 37.9 Å². The largest absolute Gasteiger partial charge is 0.489 e. The minimum Gasteiger partial charge on any atom is -0.489 e. The van der Waals surface area contributed by atoms with Gasteiger partial charge >= 0.3 is 5.97 Å². The van der Waals surface area contributed by atoms with E-state index in [1.165, 1.54) is 23.2 Å². The molecular formula is C23H21NO5S. The summed E-state index contributed by atoms with van der Waals surface area (Å²) in [5.41, 5.74) is 1.22. The van der Waals surface area contributed by atoms with E-state index in [2.05, 4.69) is 0 Å². The Bertz CT molecular complexity index is 1050. The second-order valence-corrected chi connectivity index (χ2v) is 7.34. The minimum atomic E-state index is -0.556. The van der Waals surface area contributed by atoms with Gasteiger partial charge in [0.05, 0.1) is 21.7 Å². The molecule has 0 aliphatic rings.